The maximum Gasteiger partial charge on any atom is 0.264 e. The van der Waals surface area contributed by atoms with Gasteiger partial charge in [-0.2, -0.15) is 0 Å². The normalized spacial score (nSPS) is 14.3. The lowest BCUT2D eigenvalue weighted by Crippen LogP contribution is -2.54. The summed E-state index contributed by atoms with van der Waals surface area (Å²) >= 11 is 12.5. The van der Waals surface area contributed by atoms with Crippen molar-refractivity contribution in [2.45, 2.75) is 69.0 Å². The number of carbonyl (C=O) groups excluding carboxylic acids is 2. The quantitative estimate of drug-likeness (QED) is 0.223. The van der Waals surface area contributed by atoms with E-state index >= 15 is 0 Å². The molecular formula is C33H39Cl2N3O6S. The molecule has 1 aliphatic rings. The van der Waals surface area contributed by atoms with E-state index in [4.69, 9.17) is 32.7 Å². The minimum absolute atomic E-state index is 0.00859. The van der Waals surface area contributed by atoms with Gasteiger partial charge in [0.05, 0.1) is 34.8 Å². The van der Waals surface area contributed by atoms with Gasteiger partial charge in [-0.05, 0) is 73.4 Å². The summed E-state index contributed by atoms with van der Waals surface area (Å²) < 4.78 is 40.1. The van der Waals surface area contributed by atoms with Crippen LogP contribution in [0.5, 0.6) is 11.5 Å². The molecule has 1 atom stereocenters. The van der Waals surface area contributed by atoms with Crippen LogP contribution in [0.4, 0.5) is 5.69 Å². The number of nitrogens with one attached hydrogen (secondary N) is 1. The topological polar surface area (TPSA) is 105 Å². The Kier molecular flexibility index (Phi) is 12.0. The Morgan fingerprint density at radius 1 is 0.933 bits per heavy atom. The van der Waals surface area contributed by atoms with Gasteiger partial charge in [0.15, 0.2) is 0 Å². The Bertz CT molecular complexity index is 1580. The third-order valence-corrected chi connectivity index (χ3v) is 10.5. The average Bonchev–Trinajstić information content (AvgIpc) is 3.05. The third-order valence-electron chi connectivity index (χ3n) is 7.95. The Hall–Kier alpha value is -3.47. The molecule has 45 heavy (non-hydrogen) atoms. The first-order valence-electron chi connectivity index (χ1n) is 14.9. The molecule has 3 aromatic carbocycles. The number of halogens is 2. The van der Waals surface area contributed by atoms with Gasteiger partial charge in [0, 0.05) is 12.6 Å². The summed E-state index contributed by atoms with van der Waals surface area (Å²) in [6.45, 7) is 1.24. The van der Waals surface area contributed by atoms with Crippen LogP contribution in [-0.2, 0) is 26.2 Å². The zero-order valence-corrected chi connectivity index (χ0v) is 28.0. The number of hydrogen-bond donors (Lipinski definition) is 1. The van der Waals surface area contributed by atoms with Gasteiger partial charge in [-0.3, -0.25) is 13.9 Å². The van der Waals surface area contributed by atoms with E-state index in [1.54, 1.807) is 42.5 Å². The molecule has 12 heteroatoms. The van der Waals surface area contributed by atoms with Crippen molar-refractivity contribution in [2.75, 3.05) is 25.1 Å². The van der Waals surface area contributed by atoms with Crippen LogP contribution in [0, 0.1) is 0 Å². The van der Waals surface area contributed by atoms with E-state index in [0.717, 1.165) is 36.4 Å². The molecule has 1 aliphatic carbocycles. The molecule has 0 unspecified atom stereocenters. The van der Waals surface area contributed by atoms with Gasteiger partial charge < -0.3 is 19.7 Å². The number of para-hydroxylation sites is 2. The SMILES string of the molecule is CC[C@H](C(=O)NC1CCCCC1)N(Cc1ccc(Cl)c(Cl)c1)C(=O)CN(c1ccccc1OC)S(=O)(=O)c1ccc(OC)cc1. The van der Waals surface area contributed by atoms with E-state index in [1.807, 2.05) is 6.92 Å². The number of carbonyl (C=O) groups is 2. The fourth-order valence-electron chi connectivity index (χ4n) is 5.52. The molecule has 1 N–H and O–H groups in total. The third kappa shape index (κ3) is 8.42. The van der Waals surface area contributed by atoms with E-state index < -0.39 is 28.5 Å². The predicted molar refractivity (Wildman–Crippen MR) is 177 cm³/mol. The van der Waals surface area contributed by atoms with Gasteiger partial charge in [-0.15, -0.1) is 0 Å². The number of sulfonamides is 1. The molecule has 2 amide bonds. The first kappa shape index (κ1) is 34.4. The Morgan fingerprint density at radius 3 is 2.24 bits per heavy atom. The Labute approximate surface area is 275 Å². The highest BCUT2D eigenvalue weighted by Gasteiger charge is 2.35. The highest BCUT2D eigenvalue weighted by atomic mass is 35.5. The number of benzene rings is 3. The van der Waals surface area contributed by atoms with Gasteiger partial charge >= 0.3 is 0 Å². The lowest BCUT2D eigenvalue weighted by atomic mass is 9.95. The summed E-state index contributed by atoms with van der Waals surface area (Å²) in [5.74, 6) is -0.105. The second kappa shape index (κ2) is 15.7. The standard InChI is InChI=1S/C33H39Cl2N3O6S/c1-4-29(33(40)36-24-10-6-5-7-11-24)37(21-23-14-19-27(34)28(35)20-23)32(39)22-38(30-12-8-9-13-31(30)44-3)45(41,42)26-17-15-25(43-2)16-18-26/h8-9,12-20,24,29H,4-7,10-11,21-22H2,1-3H3,(H,36,40)/t29-/m1/s1. The second-order valence-electron chi connectivity index (χ2n) is 10.9. The summed E-state index contributed by atoms with van der Waals surface area (Å²) in [6, 6.07) is 16.6. The van der Waals surface area contributed by atoms with Crippen LogP contribution in [0.1, 0.15) is 51.0 Å². The van der Waals surface area contributed by atoms with E-state index in [9.17, 15) is 18.0 Å². The number of anilines is 1. The maximum atomic E-state index is 14.4. The van der Waals surface area contributed by atoms with Crippen molar-refractivity contribution in [3.63, 3.8) is 0 Å². The molecule has 4 rings (SSSR count). The Morgan fingerprint density at radius 2 is 1.62 bits per heavy atom. The van der Waals surface area contributed by atoms with Crippen LogP contribution in [0.15, 0.2) is 71.6 Å². The van der Waals surface area contributed by atoms with Gasteiger partial charge in [-0.1, -0.05) is 67.6 Å². The van der Waals surface area contributed by atoms with Crippen molar-refractivity contribution < 1.29 is 27.5 Å². The Balaban J connectivity index is 1.75. The van der Waals surface area contributed by atoms with E-state index in [2.05, 4.69) is 5.32 Å². The molecule has 9 nitrogen and oxygen atoms in total. The molecular weight excluding hydrogens is 637 g/mol. The zero-order valence-electron chi connectivity index (χ0n) is 25.7. The minimum atomic E-state index is -4.29. The van der Waals surface area contributed by atoms with Gasteiger partial charge in [0.25, 0.3) is 10.0 Å². The first-order chi connectivity index (χ1) is 21.6. The number of methoxy groups -OCH3 is 2. The van der Waals surface area contributed by atoms with Crippen LogP contribution in [0.25, 0.3) is 0 Å². The van der Waals surface area contributed by atoms with Crippen molar-refractivity contribution >= 4 is 50.7 Å². The lowest BCUT2D eigenvalue weighted by molar-refractivity contribution is -0.140. The molecule has 242 valence electrons. The lowest BCUT2D eigenvalue weighted by Gasteiger charge is -2.34. The van der Waals surface area contributed by atoms with Crippen LogP contribution >= 0.6 is 23.2 Å². The van der Waals surface area contributed by atoms with Crippen LogP contribution < -0.4 is 19.1 Å². The molecule has 0 heterocycles. The average molecular weight is 677 g/mol. The molecule has 0 spiro atoms. The minimum Gasteiger partial charge on any atom is -0.497 e. The van der Waals surface area contributed by atoms with E-state index in [0.29, 0.717) is 27.8 Å². The van der Waals surface area contributed by atoms with E-state index in [-0.39, 0.29) is 34.8 Å². The molecule has 0 saturated heterocycles. The highest BCUT2D eigenvalue weighted by molar-refractivity contribution is 7.92. The fourth-order valence-corrected chi connectivity index (χ4v) is 7.27. The summed E-state index contributed by atoms with van der Waals surface area (Å²) in [7, 11) is -1.37. The van der Waals surface area contributed by atoms with Gasteiger partial charge in [0.2, 0.25) is 11.8 Å². The molecule has 0 radical (unpaired) electrons. The van der Waals surface area contributed by atoms with Crippen molar-refractivity contribution in [3.05, 3.63) is 82.3 Å². The molecule has 0 aromatic heterocycles. The monoisotopic (exact) mass is 675 g/mol. The zero-order chi connectivity index (χ0) is 32.6. The van der Waals surface area contributed by atoms with Crippen LogP contribution in [-0.4, -0.2) is 58.0 Å². The van der Waals surface area contributed by atoms with Crippen molar-refractivity contribution in [1.82, 2.24) is 10.2 Å². The van der Waals surface area contributed by atoms with Crippen molar-refractivity contribution in [1.29, 1.82) is 0 Å². The molecule has 1 fully saturated rings. The summed E-state index contributed by atoms with van der Waals surface area (Å²) in [5.41, 5.74) is 0.821. The maximum absolute atomic E-state index is 14.4. The second-order valence-corrected chi connectivity index (χ2v) is 13.6. The van der Waals surface area contributed by atoms with E-state index in [1.165, 1.54) is 43.4 Å². The number of nitrogens with zero attached hydrogens (tertiary/aromatic N) is 2. The molecule has 3 aromatic rings. The van der Waals surface area contributed by atoms with Crippen LogP contribution in [0.2, 0.25) is 10.0 Å². The number of hydrogen-bond acceptors (Lipinski definition) is 6. The van der Waals surface area contributed by atoms with Crippen LogP contribution in [0.3, 0.4) is 0 Å². The predicted octanol–water partition coefficient (Wildman–Crippen LogP) is 6.46. The number of amides is 2. The number of ether oxygens (including phenoxy) is 2. The first-order valence-corrected chi connectivity index (χ1v) is 17.1. The summed E-state index contributed by atoms with van der Waals surface area (Å²) in [4.78, 5) is 29.5. The molecule has 0 aliphatic heterocycles. The summed E-state index contributed by atoms with van der Waals surface area (Å²) in [6.07, 6.45) is 5.27. The van der Waals surface area contributed by atoms with Gasteiger partial charge in [-0.25, -0.2) is 8.42 Å². The van der Waals surface area contributed by atoms with Gasteiger partial charge in [0.1, 0.15) is 24.1 Å². The van der Waals surface area contributed by atoms with Crippen molar-refractivity contribution in [3.8, 4) is 11.5 Å². The highest BCUT2D eigenvalue weighted by Crippen LogP contribution is 2.33. The molecule has 0 bridgehead atoms. The van der Waals surface area contributed by atoms with Crippen molar-refractivity contribution in [2.24, 2.45) is 0 Å². The smallest absolute Gasteiger partial charge is 0.264 e. The number of rotatable bonds is 13. The fraction of sp³-hybridized carbons (Fsp3) is 0.394. The molecule has 1 saturated carbocycles. The summed E-state index contributed by atoms with van der Waals surface area (Å²) in [5, 5.41) is 3.80. The largest absolute Gasteiger partial charge is 0.497 e.